The first kappa shape index (κ1) is 5.00. The van der Waals surface area contributed by atoms with Gasteiger partial charge < -0.3 is 0 Å². The monoisotopic (exact) mass is 235 g/mol. The molecule has 2 heteroatoms. The molecule has 0 nitrogen and oxygen atoms in total. The van der Waals surface area contributed by atoms with Gasteiger partial charge >= 0.3 is 0 Å². The highest BCUT2D eigenvalue weighted by Crippen LogP contribution is 2.20. The molecule has 1 rings (SSSR count). The Labute approximate surface area is 66.6 Å². The summed E-state index contributed by atoms with van der Waals surface area (Å²) in [4.78, 5) is 0. The molecule has 0 spiro atoms. The summed E-state index contributed by atoms with van der Waals surface area (Å²) in [7, 11) is 0. The highest BCUT2D eigenvalue weighted by molar-refractivity contribution is 9.13. The molecule has 0 aliphatic heterocycles. The third-order valence-corrected chi connectivity index (χ3v) is 2.61. The Morgan fingerprint density at radius 3 is 2.50 bits per heavy atom. The molecule has 0 atom stereocenters. The molecule has 0 fully saturated rings. The average molecular weight is 237 g/mol. The lowest BCUT2D eigenvalue weighted by Crippen LogP contribution is -1.63. The van der Waals surface area contributed by atoms with E-state index in [2.05, 4.69) is 31.9 Å². The largest absolute Gasteiger partial charge is 0.0635 e. The van der Waals surface area contributed by atoms with E-state index in [1.807, 2.05) is 12.1 Å². The first-order chi connectivity index (χ1) is 4.22. The van der Waals surface area contributed by atoms with Gasteiger partial charge in [-0.15, -0.1) is 0 Å². The molecular formula is C6H4Br2. The molecule has 1 aromatic carbocycles. The van der Waals surface area contributed by atoms with Gasteiger partial charge in [0.15, 0.2) is 0 Å². The Hall–Kier alpha value is 0.180. The van der Waals surface area contributed by atoms with E-state index < -0.39 is 0 Å². The zero-order valence-electron chi connectivity index (χ0n) is 4.99. The minimum Gasteiger partial charge on any atom is -0.0611 e. The normalized spacial score (nSPS) is 11.0. The van der Waals surface area contributed by atoms with Crippen LogP contribution in [0.25, 0.3) is 0 Å². The van der Waals surface area contributed by atoms with Crippen molar-refractivity contribution in [2.45, 2.75) is 0 Å². The van der Waals surface area contributed by atoms with Gasteiger partial charge in [0, 0.05) is 8.95 Å². The number of hydrogen-bond acceptors (Lipinski definition) is 0. The van der Waals surface area contributed by atoms with Gasteiger partial charge in [-0.05, 0) is 44.0 Å². The van der Waals surface area contributed by atoms with Crippen molar-refractivity contribution in [3.05, 3.63) is 33.2 Å². The molecule has 8 heavy (non-hydrogen) atoms. The molecule has 0 bridgehead atoms. The minimum atomic E-state index is 0.504. The second-order valence-corrected chi connectivity index (χ2v) is 2.98. The molecule has 0 aliphatic rings. The van der Waals surface area contributed by atoms with E-state index in [0.29, 0.717) is 6.04 Å². The maximum Gasteiger partial charge on any atom is 0.0635 e. The zero-order valence-corrected chi connectivity index (χ0v) is 7.16. The van der Waals surface area contributed by atoms with E-state index in [0.717, 1.165) is 8.95 Å². The summed E-state index contributed by atoms with van der Waals surface area (Å²) in [6, 6.07) is 5.96. The van der Waals surface area contributed by atoms with E-state index in [1.165, 1.54) is 0 Å². The third kappa shape index (κ3) is 1.33. The fraction of sp³-hybridized carbons (Fsp3) is 0. The highest BCUT2D eigenvalue weighted by Gasteiger charge is 1.88. The molecule has 0 aliphatic carbocycles. The van der Waals surface area contributed by atoms with Gasteiger partial charge in [0.25, 0.3) is 0 Å². The second kappa shape index (κ2) is 2.65. The summed E-state index contributed by atoms with van der Waals surface area (Å²) in [5, 5.41) is 0. The Balaban J connectivity index is 3.25. The SMILES string of the molecule is [2H]c1cccc(Br)c1Br. The van der Waals surface area contributed by atoms with Crippen molar-refractivity contribution >= 4 is 31.9 Å². The predicted octanol–water partition coefficient (Wildman–Crippen LogP) is 3.21. The van der Waals surface area contributed by atoms with Gasteiger partial charge in [0.05, 0.1) is 1.37 Å². The van der Waals surface area contributed by atoms with Crippen LogP contribution in [-0.4, -0.2) is 0 Å². The quantitative estimate of drug-likeness (QED) is 0.649. The molecule has 1 aromatic rings. The van der Waals surface area contributed by atoms with Crippen molar-refractivity contribution in [3.63, 3.8) is 0 Å². The fourth-order valence-corrected chi connectivity index (χ4v) is 0.927. The molecule has 0 unspecified atom stereocenters. The van der Waals surface area contributed by atoms with Crippen LogP contribution in [0.3, 0.4) is 0 Å². The first-order valence-corrected chi connectivity index (χ1v) is 3.71. The van der Waals surface area contributed by atoms with Crippen LogP contribution >= 0.6 is 31.9 Å². The summed E-state index contributed by atoms with van der Waals surface area (Å²) >= 11 is 6.52. The third-order valence-electron chi connectivity index (χ3n) is 0.759. The number of hydrogen-bond donors (Lipinski definition) is 0. The van der Waals surface area contributed by atoms with Gasteiger partial charge in [-0.2, -0.15) is 0 Å². The van der Waals surface area contributed by atoms with Gasteiger partial charge in [-0.3, -0.25) is 0 Å². The maximum absolute atomic E-state index is 7.28. The molecule has 0 amide bonds. The standard InChI is InChI=1S/C6H4Br2/c7-5-3-1-2-4-6(5)8/h1-4H/i3D. The van der Waals surface area contributed by atoms with Crippen molar-refractivity contribution in [2.75, 3.05) is 0 Å². The second-order valence-electron chi connectivity index (χ2n) is 1.33. The van der Waals surface area contributed by atoms with Crippen LogP contribution in [0.4, 0.5) is 0 Å². The van der Waals surface area contributed by atoms with E-state index in [-0.39, 0.29) is 0 Å². The van der Waals surface area contributed by atoms with Crippen molar-refractivity contribution in [2.24, 2.45) is 0 Å². The lowest BCUT2D eigenvalue weighted by molar-refractivity contribution is 1.59. The number of rotatable bonds is 0. The average Bonchev–Trinajstić information content (AvgIpc) is 1.83. The molecule has 0 saturated carbocycles. The fourth-order valence-electron chi connectivity index (χ4n) is 0.396. The Bertz CT molecular complexity index is 202. The molecule has 0 aromatic heterocycles. The van der Waals surface area contributed by atoms with E-state index in [9.17, 15) is 0 Å². The van der Waals surface area contributed by atoms with Gasteiger partial charge in [0.2, 0.25) is 0 Å². The van der Waals surface area contributed by atoms with E-state index in [4.69, 9.17) is 1.37 Å². The van der Waals surface area contributed by atoms with Crippen molar-refractivity contribution in [3.8, 4) is 0 Å². The summed E-state index contributed by atoms with van der Waals surface area (Å²) in [6.07, 6.45) is 0. The minimum absolute atomic E-state index is 0.504. The number of halogens is 2. The Morgan fingerprint density at radius 2 is 2.00 bits per heavy atom. The predicted molar refractivity (Wildman–Crippen MR) is 41.8 cm³/mol. The smallest absolute Gasteiger partial charge is 0.0611 e. The van der Waals surface area contributed by atoms with Crippen LogP contribution in [0.2, 0.25) is 0 Å². The van der Waals surface area contributed by atoms with Crippen molar-refractivity contribution in [1.29, 1.82) is 0 Å². The Morgan fingerprint density at radius 1 is 1.25 bits per heavy atom. The maximum atomic E-state index is 7.28. The van der Waals surface area contributed by atoms with Crippen LogP contribution in [0.1, 0.15) is 1.37 Å². The van der Waals surface area contributed by atoms with Crippen LogP contribution in [0.5, 0.6) is 0 Å². The molecule has 0 saturated heterocycles. The Kier molecular flexibility index (Phi) is 1.66. The van der Waals surface area contributed by atoms with E-state index >= 15 is 0 Å². The molecule has 0 radical (unpaired) electrons. The van der Waals surface area contributed by atoms with Gasteiger partial charge in [-0.1, -0.05) is 12.1 Å². The summed E-state index contributed by atoms with van der Waals surface area (Å²) in [5.74, 6) is 0. The topological polar surface area (TPSA) is 0 Å². The van der Waals surface area contributed by atoms with Crippen LogP contribution in [0, 0.1) is 0 Å². The van der Waals surface area contributed by atoms with Crippen molar-refractivity contribution in [1.82, 2.24) is 0 Å². The summed E-state index contributed by atoms with van der Waals surface area (Å²) < 4.78 is 9.02. The molecular weight excluding hydrogens is 232 g/mol. The zero-order chi connectivity index (χ0) is 6.85. The lowest BCUT2D eigenvalue weighted by atomic mass is 10.4. The summed E-state index contributed by atoms with van der Waals surface area (Å²) in [5.41, 5.74) is 0. The number of benzene rings is 1. The van der Waals surface area contributed by atoms with Crippen LogP contribution in [-0.2, 0) is 0 Å². The van der Waals surface area contributed by atoms with Crippen molar-refractivity contribution < 1.29 is 1.37 Å². The molecule has 0 N–H and O–H groups in total. The summed E-state index contributed by atoms with van der Waals surface area (Å²) in [6.45, 7) is 0. The van der Waals surface area contributed by atoms with Crippen LogP contribution < -0.4 is 0 Å². The lowest BCUT2D eigenvalue weighted by Gasteiger charge is -1.89. The van der Waals surface area contributed by atoms with E-state index in [1.54, 1.807) is 6.07 Å². The van der Waals surface area contributed by atoms with Gasteiger partial charge in [0.1, 0.15) is 0 Å². The molecule has 42 valence electrons. The molecule has 0 heterocycles. The first-order valence-electron chi connectivity index (χ1n) is 2.62. The highest BCUT2D eigenvalue weighted by atomic mass is 79.9. The van der Waals surface area contributed by atoms with Gasteiger partial charge in [-0.25, -0.2) is 0 Å². The van der Waals surface area contributed by atoms with Crippen LogP contribution in [0.15, 0.2) is 33.2 Å².